The van der Waals surface area contributed by atoms with Crippen molar-refractivity contribution < 1.29 is 9.31 Å². The van der Waals surface area contributed by atoms with Gasteiger partial charge >= 0.3 is 7.12 Å². The van der Waals surface area contributed by atoms with E-state index in [0.717, 1.165) is 6.32 Å². The summed E-state index contributed by atoms with van der Waals surface area (Å²) >= 11 is 0. The second-order valence-electron chi connectivity index (χ2n) is 7.66. The minimum Gasteiger partial charge on any atom is -0.403 e. The lowest BCUT2D eigenvalue weighted by Gasteiger charge is -2.32. The SMILES string of the molecule is CCCCCCCCCCCCB1OC(C)(C)C(C)(C)O1. The molecule has 1 heterocycles. The minimum atomic E-state index is -0.170. The molecule has 0 saturated carbocycles. The zero-order valence-corrected chi connectivity index (χ0v) is 15.2. The summed E-state index contributed by atoms with van der Waals surface area (Å²) in [6, 6.07) is 0. The van der Waals surface area contributed by atoms with Crippen LogP contribution in [-0.4, -0.2) is 18.3 Å². The van der Waals surface area contributed by atoms with Crippen LogP contribution < -0.4 is 0 Å². The highest BCUT2D eigenvalue weighted by molar-refractivity contribution is 6.45. The van der Waals surface area contributed by atoms with E-state index >= 15 is 0 Å². The van der Waals surface area contributed by atoms with Gasteiger partial charge in [-0.05, 0) is 34.0 Å². The Morgan fingerprint density at radius 2 is 1.00 bits per heavy atom. The van der Waals surface area contributed by atoms with E-state index in [-0.39, 0.29) is 18.3 Å². The summed E-state index contributed by atoms with van der Waals surface area (Å²) in [5.41, 5.74) is -0.341. The van der Waals surface area contributed by atoms with Crippen molar-refractivity contribution in [1.29, 1.82) is 0 Å². The van der Waals surface area contributed by atoms with Crippen molar-refractivity contribution in [3.8, 4) is 0 Å². The summed E-state index contributed by atoms with van der Waals surface area (Å²) in [7, 11) is 0.00374. The molecule has 0 aromatic heterocycles. The van der Waals surface area contributed by atoms with E-state index in [1.165, 1.54) is 64.2 Å². The standard InChI is InChI=1S/C18H37BO2/c1-6-7-8-9-10-11-12-13-14-15-16-19-20-17(2,3)18(4,5)21-19/h6-16H2,1-5H3. The Morgan fingerprint density at radius 3 is 1.43 bits per heavy atom. The number of hydrogen-bond acceptors (Lipinski definition) is 2. The molecule has 0 N–H and O–H groups in total. The van der Waals surface area contributed by atoms with Crippen molar-refractivity contribution in [2.45, 2.75) is 116 Å². The molecule has 3 heteroatoms. The molecule has 1 rings (SSSR count). The van der Waals surface area contributed by atoms with Gasteiger partial charge in [0.25, 0.3) is 0 Å². The smallest absolute Gasteiger partial charge is 0.403 e. The average Bonchev–Trinajstić information content (AvgIpc) is 2.60. The second kappa shape index (κ2) is 9.20. The van der Waals surface area contributed by atoms with E-state index in [9.17, 15) is 0 Å². The summed E-state index contributed by atoms with van der Waals surface area (Å²) in [6.07, 6.45) is 14.8. The molecule has 0 radical (unpaired) electrons. The highest BCUT2D eigenvalue weighted by Crippen LogP contribution is 2.38. The summed E-state index contributed by atoms with van der Waals surface area (Å²) in [4.78, 5) is 0. The third-order valence-corrected chi connectivity index (χ3v) is 5.10. The second-order valence-corrected chi connectivity index (χ2v) is 7.66. The van der Waals surface area contributed by atoms with E-state index < -0.39 is 0 Å². The Labute approximate surface area is 133 Å². The molecule has 1 aliphatic rings. The molecule has 0 atom stereocenters. The number of unbranched alkanes of at least 4 members (excludes halogenated alkanes) is 9. The van der Waals surface area contributed by atoms with Crippen LogP contribution in [0.5, 0.6) is 0 Å². The molecule has 2 nitrogen and oxygen atoms in total. The van der Waals surface area contributed by atoms with Gasteiger partial charge in [0.1, 0.15) is 0 Å². The molecule has 124 valence electrons. The monoisotopic (exact) mass is 296 g/mol. The summed E-state index contributed by atoms with van der Waals surface area (Å²) in [5, 5.41) is 0. The predicted molar refractivity (Wildman–Crippen MR) is 92.7 cm³/mol. The normalized spacial score (nSPS) is 20.1. The van der Waals surface area contributed by atoms with E-state index in [4.69, 9.17) is 9.31 Å². The highest BCUT2D eigenvalue weighted by atomic mass is 16.7. The fourth-order valence-corrected chi connectivity index (χ4v) is 2.88. The van der Waals surface area contributed by atoms with Crippen molar-refractivity contribution in [3.05, 3.63) is 0 Å². The first-order valence-electron chi connectivity index (χ1n) is 9.25. The molecule has 0 aliphatic carbocycles. The van der Waals surface area contributed by atoms with Gasteiger partial charge in [0.15, 0.2) is 0 Å². The maximum atomic E-state index is 6.02. The lowest BCUT2D eigenvalue weighted by Crippen LogP contribution is -2.41. The van der Waals surface area contributed by atoms with Crippen LogP contribution in [0, 0.1) is 0 Å². The van der Waals surface area contributed by atoms with E-state index in [1.54, 1.807) is 0 Å². The fraction of sp³-hybridized carbons (Fsp3) is 1.00. The van der Waals surface area contributed by atoms with Crippen molar-refractivity contribution in [3.63, 3.8) is 0 Å². The summed E-state index contributed by atoms with van der Waals surface area (Å²) < 4.78 is 12.0. The fourth-order valence-electron chi connectivity index (χ4n) is 2.88. The molecular formula is C18H37BO2. The van der Waals surface area contributed by atoms with Gasteiger partial charge in [0.05, 0.1) is 11.2 Å². The van der Waals surface area contributed by atoms with Crippen molar-refractivity contribution in [2.24, 2.45) is 0 Å². The molecule has 1 saturated heterocycles. The zero-order chi connectivity index (χ0) is 15.8. The first kappa shape index (κ1) is 19.0. The predicted octanol–water partition coefficient (Wildman–Crippen LogP) is 6.00. The Balaban J connectivity index is 1.94. The van der Waals surface area contributed by atoms with Gasteiger partial charge < -0.3 is 9.31 Å². The molecule has 0 aromatic carbocycles. The molecule has 0 unspecified atom stereocenters. The van der Waals surface area contributed by atoms with Gasteiger partial charge in [-0.3, -0.25) is 0 Å². The van der Waals surface area contributed by atoms with Gasteiger partial charge in [-0.1, -0.05) is 71.1 Å². The van der Waals surface area contributed by atoms with E-state index in [0.29, 0.717) is 0 Å². The van der Waals surface area contributed by atoms with Crippen LogP contribution in [0.15, 0.2) is 0 Å². The molecule has 0 spiro atoms. The average molecular weight is 296 g/mol. The largest absolute Gasteiger partial charge is 0.457 e. The third-order valence-electron chi connectivity index (χ3n) is 5.10. The van der Waals surface area contributed by atoms with Crippen molar-refractivity contribution >= 4 is 7.12 Å². The first-order chi connectivity index (χ1) is 9.89. The molecule has 21 heavy (non-hydrogen) atoms. The molecule has 0 aromatic rings. The van der Waals surface area contributed by atoms with Gasteiger partial charge in [-0.25, -0.2) is 0 Å². The topological polar surface area (TPSA) is 18.5 Å². The third kappa shape index (κ3) is 6.73. The molecule has 0 bridgehead atoms. The van der Waals surface area contributed by atoms with Gasteiger partial charge in [0, 0.05) is 0 Å². The number of hydrogen-bond donors (Lipinski definition) is 0. The van der Waals surface area contributed by atoms with Crippen molar-refractivity contribution in [1.82, 2.24) is 0 Å². The Morgan fingerprint density at radius 1 is 0.619 bits per heavy atom. The van der Waals surface area contributed by atoms with Crippen LogP contribution >= 0.6 is 0 Å². The maximum absolute atomic E-state index is 6.02. The lowest BCUT2D eigenvalue weighted by molar-refractivity contribution is 0.00578. The number of rotatable bonds is 11. The zero-order valence-electron chi connectivity index (χ0n) is 15.2. The van der Waals surface area contributed by atoms with Gasteiger partial charge in [-0.2, -0.15) is 0 Å². The van der Waals surface area contributed by atoms with Gasteiger partial charge in [-0.15, -0.1) is 0 Å². The molecule has 1 aliphatic heterocycles. The van der Waals surface area contributed by atoms with Crippen molar-refractivity contribution in [2.75, 3.05) is 0 Å². The quantitative estimate of drug-likeness (QED) is 0.344. The Bertz CT molecular complexity index is 260. The van der Waals surface area contributed by atoms with E-state index in [2.05, 4.69) is 34.6 Å². The van der Waals surface area contributed by atoms with Crippen LogP contribution in [0.3, 0.4) is 0 Å². The highest BCUT2D eigenvalue weighted by Gasteiger charge is 2.50. The molecule has 0 amide bonds. The maximum Gasteiger partial charge on any atom is 0.457 e. The first-order valence-corrected chi connectivity index (χ1v) is 9.25. The van der Waals surface area contributed by atoms with Crippen LogP contribution in [-0.2, 0) is 9.31 Å². The van der Waals surface area contributed by atoms with Gasteiger partial charge in [0.2, 0.25) is 0 Å². The Kier molecular flexibility index (Phi) is 8.34. The van der Waals surface area contributed by atoms with E-state index in [1.807, 2.05) is 0 Å². The van der Waals surface area contributed by atoms with Crippen LogP contribution in [0.25, 0.3) is 0 Å². The molecular weight excluding hydrogens is 259 g/mol. The Hall–Kier alpha value is -0.0151. The van der Waals surface area contributed by atoms with Crippen LogP contribution in [0.4, 0.5) is 0 Å². The summed E-state index contributed by atoms with van der Waals surface area (Å²) in [6.45, 7) is 10.8. The minimum absolute atomic E-state index is 0.00374. The molecule has 1 fully saturated rings. The van der Waals surface area contributed by atoms with Crippen LogP contribution in [0.1, 0.15) is 98.8 Å². The summed E-state index contributed by atoms with van der Waals surface area (Å²) in [5.74, 6) is 0. The van der Waals surface area contributed by atoms with Crippen LogP contribution in [0.2, 0.25) is 6.32 Å². The lowest BCUT2D eigenvalue weighted by atomic mass is 9.82.